The lowest BCUT2D eigenvalue weighted by atomic mass is 10.1. The van der Waals surface area contributed by atoms with Crippen molar-refractivity contribution in [2.24, 2.45) is 0 Å². The van der Waals surface area contributed by atoms with E-state index in [1.807, 2.05) is 13.0 Å². The minimum atomic E-state index is -0.961. The van der Waals surface area contributed by atoms with E-state index in [-0.39, 0.29) is 16.8 Å². The topological polar surface area (TPSA) is 118 Å². The molecule has 0 atom stereocenters. The maximum absolute atomic E-state index is 13.0. The number of hydrogen-bond acceptors (Lipinski definition) is 5. The minimum Gasteiger partial charge on any atom is -0.398 e. The number of hydrogen-bond donors (Lipinski definition) is 3. The second-order valence-corrected chi connectivity index (χ2v) is 6.03. The fraction of sp³-hybridized carbons (Fsp3) is 0.118. The summed E-state index contributed by atoms with van der Waals surface area (Å²) in [7, 11) is 1.59. The number of nitrogens with one attached hydrogen (secondary N) is 2. The molecule has 1 amide bonds. The number of H-pyrrole nitrogens is 1. The molecular formula is C17H15BrFN3O4. The number of fused-ring (bicyclic) bond motifs is 1. The standard InChI is InChI=1S/C9H11BrN2O.C8H4FNO3/c1-5-6(10)3-4-7(11)8(5)9(13)12-2;9-4-2-1-3-5-6(4)7(11)13-8(12)10-5/h3-4H,11H2,1-2H3,(H,12,13);1-3H,(H,10,12). The van der Waals surface area contributed by atoms with Gasteiger partial charge in [-0.1, -0.05) is 22.0 Å². The van der Waals surface area contributed by atoms with Gasteiger partial charge in [0.25, 0.3) is 5.91 Å². The number of halogens is 2. The van der Waals surface area contributed by atoms with E-state index in [1.54, 1.807) is 13.1 Å². The molecule has 0 unspecified atom stereocenters. The van der Waals surface area contributed by atoms with Crippen molar-refractivity contribution in [1.29, 1.82) is 0 Å². The molecule has 0 aliphatic carbocycles. The largest absolute Gasteiger partial charge is 0.419 e. The van der Waals surface area contributed by atoms with Crippen LogP contribution in [-0.2, 0) is 0 Å². The number of aromatic amines is 1. The third-order valence-corrected chi connectivity index (χ3v) is 4.38. The number of rotatable bonds is 1. The van der Waals surface area contributed by atoms with Gasteiger partial charge in [-0.05, 0) is 36.8 Å². The van der Waals surface area contributed by atoms with Crippen LogP contribution in [0.2, 0.25) is 0 Å². The van der Waals surface area contributed by atoms with Crippen molar-refractivity contribution in [2.45, 2.75) is 6.92 Å². The summed E-state index contributed by atoms with van der Waals surface area (Å²) in [5.74, 6) is -1.75. The van der Waals surface area contributed by atoms with E-state index in [0.717, 1.165) is 16.1 Å². The molecule has 2 aromatic carbocycles. The number of anilines is 1. The van der Waals surface area contributed by atoms with Crippen LogP contribution in [0.25, 0.3) is 10.9 Å². The fourth-order valence-corrected chi connectivity index (χ4v) is 2.57. The molecule has 136 valence electrons. The third kappa shape index (κ3) is 3.99. The zero-order valence-corrected chi connectivity index (χ0v) is 15.4. The second-order valence-electron chi connectivity index (χ2n) is 5.18. The van der Waals surface area contributed by atoms with Crippen LogP contribution in [-0.4, -0.2) is 17.9 Å². The molecule has 1 heterocycles. The average molecular weight is 424 g/mol. The number of amides is 1. The Bertz CT molecular complexity index is 1090. The Morgan fingerprint density at radius 2 is 1.96 bits per heavy atom. The van der Waals surface area contributed by atoms with Crippen molar-refractivity contribution in [3.63, 3.8) is 0 Å². The van der Waals surface area contributed by atoms with Gasteiger partial charge >= 0.3 is 11.4 Å². The molecule has 0 aliphatic heterocycles. The summed E-state index contributed by atoms with van der Waals surface area (Å²) >= 11 is 3.34. The number of nitrogens with two attached hydrogens (primary N) is 1. The number of benzene rings is 2. The highest BCUT2D eigenvalue weighted by atomic mass is 79.9. The zero-order valence-electron chi connectivity index (χ0n) is 13.9. The van der Waals surface area contributed by atoms with Crippen molar-refractivity contribution in [2.75, 3.05) is 12.8 Å². The smallest absolute Gasteiger partial charge is 0.398 e. The monoisotopic (exact) mass is 423 g/mol. The van der Waals surface area contributed by atoms with Crippen molar-refractivity contribution in [1.82, 2.24) is 10.3 Å². The Balaban J connectivity index is 0.000000187. The zero-order chi connectivity index (χ0) is 19.4. The predicted octanol–water partition coefficient (Wildman–Crippen LogP) is 2.32. The van der Waals surface area contributed by atoms with E-state index in [9.17, 15) is 18.8 Å². The highest BCUT2D eigenvalue weighted by Gasteiger charge is 2.12. The molecule has 9 heteroatoms. The Hall–Kier alpha value is -2.94. The summed E-state index contributed by atoms with van der Waals surface area (Å²) in [6.07, 6.45) is 0. The highest BCUT2D eigenvalue weighted by Crippen LogP contribution is 2.24. The second kappa shape index (κ2) is 7.96. The lowest BCUT2D eigenvalue weighted by molar-refractivity contribution is 0.0963. The number of nitrogen functional groups attached to an aromatic ring is 1. The van der Waals surface area contributed by atoms with Crippen molar-refractivity contribution >= 4 is 38.4 Å². The lowest BCUT2D eigenvalue weighted by Crippen LogP contribution is -2.20. The fourth-order valence-electron chi connectivity index (χ4n) is 2.24. The van der Waals surface area contributed by atoms with Gasteiger partial charge in [0.2, 0.25) is 0 Å². The molecule has 7 nitrogen and oxygen atoms in total. The molecule has 3 rings (SSSR count). The first-order valence-electron chi connectivity index (χ1n) is 7.34. The van der Waals surface area contributed by atoms with Crippen LogP contribution in [0.4, 0.5) is 10.1 Å². The molecule has 0 radical (unpaired) electrons. The first-order valence-corrected chi connectivity index (χ1v) is 8.13. The first-order chi connectivity index (χ1) is 12.3. The normalized spacial score (nSPS) is 10.2. The summed E-state index contributed by atoms with van der Waals surface area (Å²) in [6.45, 7) is 1.85. The summed E-state index contributed by atoms with van der Waals surface area (Å²) in [4.78, 5) is 35.3. The molecule has 0 fully saturated rings. The summed E-state index contributed by atoms with van der Waals surface area (Å²) < 4.78 is 18.1. The van der Waals surface area contributed by atoms with Crippen LogP contribution in [0, 0.1) is 12.7 Å². The third-order valence-electron chi connectivity index (χ3n) is 3.53. The predicted molar refractivity (Wildman–Crippen MR) is 99.7 cm³/mol. The first kappa shape index (κ1) is 19.4. The molecule has 26 heavy (non-hydrogen) atoms. The van der Waals surface area contributed by atoms with E-state index in [2.05, 4.69) is 30.6 Å². The molecule has 0 saturated carbocycles. The molecule has 4 N–H and O–H groups in total. The van der Waals surface area contributed by atoms with Crippen LogP contribution < -0.4 is 22.4 Å². The van der Waals surface area contributed by atoms with Gasteiger partial charge in [0.1, 0.15) is 11.2 Å². The molecular weight excluding hydrogens is 409 g/mol. The van der Waals surface area contributed by atoms with Crippen LogP contribution >= 0.6 is 15.9 Å². The maximum atomic E-state index is 13.0. The molecule has 0 spiro atoms. The highest BCUT2D eigenvalue weighted by molar-refractivity contribution is 9.10. The molecule has 0 bridgehead atoms. The number of carbonyl (C=O) groups is 1. The summed E-state index contributed by atoms with van der Waals surface area (Å²) in [6, 6.07) is 7.49. The van der Waals surface area contributed by atoms with Crippen molar-refractivity contribution < 1.29 is 13.6 Å². The average Bonchev–Trinajstić information content (AvgIpc) is 2.58. The van der Waals surface area contributed by atoms with Crippen molar-refractivity contribution in [3.8, 4) is 0 Å². The number of aromatic nitrogens is 1. The number of carbonyl (C=O) groups excluding carboxylic acids is 1. The van der Waals surface area contributed by atoms with Gasteiger partial charge < -0.3 is 15.5 Å². The molecule has 0 aliphatic rings. The van der Waals surface area contributed by atoms with E-state index in [0.29, 0.717) is 11.3 Å². The van der Waals surface area contributed by atoms with Crippen molar-refractivity contribution in [3.05, 3.63) is 72.7 Å². The van der Waals surface area contributed by atoms with Gasteiger partial charge in [0.05, 0.1) is 11.1 Å². The van der Waals surface area contributed by atoms with E-state index in [4.69, 9.17) is 5.73 Å². The Labute approximate surface area is 155 Å². The summed E-state index contributed by atoms with van der Waals surface area (Å²) in [5.41, 5.74) is 6.76. The van der Waals surface area contributed by atoms with Gasteiger partial charge in [-0.2, -0.15) is 0 Å². The summed E-state index contributed by atoms with van der Waals surface area (Å²) in [5, 5.41) is 2.32. The molecule has 0 saturated heterocycles. The Kier molecular flexibility index (Phi) is 5.93. The van der Waals surface area contributed by atoms with E-state index in [1.165, 1.54) is 12.1 Å². The Morgan fingerprint density at radius 3 is 2.62 bits per heavy atom. The SMILES string of the molecule is CNC(=O)c1c(N)ccc(Br)c1C.O=c1[nH]c2cccc(F)c2c(=O)o1. The molecule has 1 aromatic heterocycles. The van der Waals surface area contributed by atoms with Gasteiger partial charge in [0.15, 0.2) is 0 Å². The van der Waals surface area contributed by atoms with Crippen LogP contribution in [0.5, 0.6) is 0 Å². The maximum Gasteiger partial charge on any atom is 0.419 e. The van der Waals surface area contributed by atoms with E-state index >= 15 is 0 Å². The van der Waals surface area contributed by atoms with Gasteiger partial charge in [-0.15, -0.1) is 0 Å². The van der Waals surface area contributed by atoms with Gasteiger partial charge in [-0.3, -0.25) is 9.78 Å². The van der Waals surface area contributed by atoms with E-state index < -0.39 is 17.2 Å². The minimum absolute atomic E-state index is 0.140. The lowest BCUT2D eigenvalue weighted by Gasteiger charge is -2.09. The Morgan fingerprint density at radius 1 is 1.27 bits per heavy atom. The van der Waals surface area contributed by atoms with Crippen LogP contribution in [0.15, 0.2) is 48.8 Å². The van der Waals surface area contributed by atoms with Gasteiger partial charge in [-0.25, -0.2) is 14.0 Å². The quantitative estimate of drug-likeness (QED) is 0.519. The van der Waals surface area contributed by atoms with Crippen LogP contribution in [0.1, 0.15) is 15.9 Å². The molecule has 3 aromatic rings. The van der Waals surface area contributed by atoms with Gasteiger partial charge in [0, 0.05) is 17.2 Å². The van der Waals surface area contributed by atoms with Crippen LogP contribution in [0.3, 0.4) is 0 Å².